The smallest absolute Gasteiger partial charge is 0.248 e. The van der Waals surface area contributed by atoms with E-state index in [1.807, 2.05) is 25.4 Å². The number of anilines is 1. The van der Waals surface area contributed by atoms with E-state index in [0.717, 1.165) is 35.3 Å². The lowest BCUT2D eigenvalue weighted by molar-refractivity contribution is -0.111. The Hall–Kier alpha value is -3.49. The van der Waals surface area contributed by atoms with Crippen LogP contribution in [0.15, 0.2) is 55.1 Å². The van der Waals surface area contributed by atoms with Gasteiger partial charge in [-0.3, -0.25) is 19.4 Å². The number of phenolic OH excluding ortho intramolecular Hbond substituents is 1. The van der Waals surface area contributed by atoms with E-state index in [-0.39, 0.29) is 11.7 Å². The van der Waals surface area contributed by atoms with E-state index in [9.17, 15) is 9.90 Å². The zero-order chi connectivity index (χ0) is 21.6. The topological polar surface area (TPSA) is 92.5 Å². The minimum absolute atomic E-state index is 0.166. The highest BCUT2D eigenvalue weighted by molar-refractivity contribution is 6.02. The molecule has 3 aromatic rings. The number of aryl methyl sites for hydroxylation is 1. The zero-order valence-electron chi connectivity index (χ0n) is 17.4. The number of benzene rings is 1. The maximum Gasteiger partial charge on any atom is 0.248 e. The van der Waals surface area contributed by atoms with Gasteiger partial charge in [0.1, 0.15) is 5.75 Å². The quantitative estimate of drug-likeness (QED) is 0.597. The third-order valence-corrected chi connectivity index (χ3v) is 5.13. The second-order valence-electron chi connectivity index (χ2n) is 7.42. The average Bonchev–Trinajstić information content (AvgIpc) is 3.21. The Labute approximate surface area is 180 Å². The number of nitrogens with one attached hydrogen (secondary N) is 1. The Morgan fingerprint density at radius 2 is 2.10 bits per heavy atom. The molecule has 0 radical (unpaired) electrons. The predicted molar refractivity (Wildman–Crippen MR) is 118 cm³/mol. The van der Waals surface area contributed by atoms with Gasteiger partial charge in [0.05, 0.1) is 19.4 Å². The Morgan fingerprint density at radius 3 is 2.84 bits per heavy atom. The molecule has 160 valence electrons. The molecular weight excluding hydrogens is 394 g/mol. The normalized spacial score (nSPS) is 14.7. The van der Waals surface area contributed by atoms with Crippen LogP contribution in [0.1, 0.15) is 11.1 Å². The average molecular weight is 419 g/mol. The van der Waals surface area contributed by atoms with Crippen molar-refractivity contribution in [1.82, 2.24) is 19.7 Å². The number of rotatable bonds is 6. The summed E-state index contributed by atoms with van der Waals surface area (Å²) < 4.78 is 7.08. The lowest BCUT2D eigenvalue weighted by Gasteiger charge is -2.26. The number of hydrogen-bond acceptors (Lipinski definition) is 6. The molecule has 1 saturated heterocycles. The molecule has 1 aliphatic rings. The van der Waals surface area contributed by atoms with E-state index in [4.69, 9.17) is 4.74 Å². The summed E-state index contributed by atoms with van der Waals surface area (Å²) in [5, 5.41) is 17.4. The van der Waals surface area contributed by atoms with Crippen LogP contribution < -0.4 is 5.32 Å². The van der Waals surface area contributed by atoms with Gasteiger partial charge in [0.2, 0.25) is 5.91 Å². The van der Waals surface area contributed by atoms with Crippen LogP contribution in [-0.4, -0.2) is 57.0 Å². The third kappa shape index (κ3) is 5.36. The Morgan fingerprint density at radius 1 is 1.26 bits per heavy atom. The first kappa shape index (κ1) is 20.8. The standard InChI is InChI=1S/C23H25N5O3/c1-27-15-19(14-25-27)21-6-7-24-13-17(21)3-5-23(30)26-20-4-2-18(22(29)12-20)16-28-8-10-31-11-9-28/h2-7,12-15,29H,8-11,16H2,1H3,(H,26,30). The fraction of sp³-hybridized carbons (Fsp3) is 0.261. The Kier molecular flexibility index (Phi) is 6.40. The number of nitrogens with zero attached hydrogens (tertiary/aromatic N) is 4. The Bertz CT molecular complexity index is 1090. The first-order valence-corrected chi connectivity index (χ1v) is 10.1. The number of pyridine rings is 1. The van der Waals surface area contributed by atoms with E-state index < -0.39 is 0 Å². The van der Waals surface area contributed by atoms with E-state index in [1.165, 1.54) is 6.08 Å². The molecule has 8 nitrogen and oxygen atoms in total. The number of hydrogen-bond donors (Lipinski definition) is 2. The molecule has 0 bridgehead atoms. The second-order valence-corrected chi connectivity index (χ2v) is 7.42. The highest BCUT2D eigenvalue weighted by Crippen LogP contribution is 2.25. The molecule has 3 heterocycles. The molecule has 2 N–H and O–H groups in total. The van der Waals surface area contributed by atoms with Crippen molar-refractivity contribution in [3.05, 3.63) is 66.3 Å². The predicted octanol–water partition coefficient (Wildman–Crippen LogP) is 2.67. The zero-order valence-corrected chi connectivity index (χ0v) is 17.4. The van der Waals surface area contributed by atoms with E-state index >= 15 is 0 Å². The van der Waals surface area contributed by atoms with Gasteiger partial charge in [-0.2, -0.15) is 5.10 Å². The molecule has 1 amide bonds. The first-order chi connectivity index (χ1) is 15.1. The SMILES string of the molecule is Cn1cc(-c2ccncc2C=CC(=O)Nc2ccc(CN3CCOCC3)c(O)c2)cn1. The van der Waals surface area contributed by atoms with Crippen LogP contribution in [0, 0.1) is 0 Å². The van der Waals surface area contributed by atoms with Gasteiger partial charge in [0, 0.05) is 79.8 Å². The molecule has 1 aliphatic heterocycles. The first-order valence-electron chi connectivity index (χ1n) is 10.1. The van der Waals surface area contributed by atoms with Gasteiger partial charge in [-0.25, -0.2) is 0 Å². The van der Waals surface area contributed by atoms with Crippen molar-refractivity contribution in [2.75, 3.05) is 31.6 Å². The van der Waals surface area contributed by atoms with Crippen LogP contribution in [0.5, 0.6) is 5.75 Å². The van der Waals surface area contributed by atoms with Gasteiger partial charge in [0.15, 0.2) is 0 Å². The molecule has 1 fully saturated rings. The maximum atomic E-state index is 12.4. The van der Waals surface area contributed by atoms with Gasteiger partial charge < -0.3 is 15.2 Å². The van der Waals surface area contributed by atoms with Crippen LogP contribution in [0.2, 0.25) is 0 Å². The summed E-state index contributed by atoms with van der Waals surface area (Å²) in [6.07, 6.45) is 10.3. The lowest BCUT2D eigenvalue weighted by atomic mass is 10.0. The van der Waals surface area contributed by atoms with Gasteiger partial charge in [-0.15, -0.1) is 0 Å². The number of phenols is 1. The van der Waals surface area contributed by atoms with Gasteiger partial charge in [-0.05, 0) is 23.8 Å². The molecule has 31 heavy (non-hydrogen) atoms. The summed E-state index contributed by atoms with van der Waals surface area (Å²) in [6.45, 7) is 3.76. The molecule has 0 atom stereocenters. The minimum Gasteiger partial charge on any atom is -0.508 e. The number of ether oxygens (including phenoxy) is 1. The molecule has 0 aliphatic carbocycles. The van der Waals surface area contributed by atoms with Crippen molar-refractivity contribution in [2.24, 2.45) is 7.05 Å². The minimum atomic E-state index is -0.290. The number of aromatic nitrogens is 3. The lowest BCUT2D eigenvalue weighted by Crippen LogP contribution is -2.35. The van der Waals surface area contributed by atoms with Crippen molar-refractivity contribution in [3.63, 3.8) is 0 Å². The molecule has 0 saturated carbocycles. The van der Waals surface area contributed by atoms with Crippen LogP contribution >= 0.6 is 0 Å². The maximum absolute atomic E-state index is 12.4. The van der Waals surface area contributed by atoms with Gasteiger partial charge in [-0.1, -0.05) is 6.07 Å². The molecule has 8 heteroatoms. The molecule has 1 aromatic carbocycles. The van der Waals surface area contributed by atoms with Crippen molar-refractivity contribution in [2.45, 2.75) is 6.54 Å². The van der Waals surface area contributed by atoms with Crippen molar-refractivity contribution in [3.8, 4) is 16.9 Å². The monoisotopic (exact) mass is 419 g/mol. The fourth-order valence-corrected chi connectivity index (χ4v) is 3.49. The summed E-state index contributed by atoms with van der Waals surface area (Å²) in [5.74, 6) is -0.124. The van der Waals surface area contributed by atoms with E-state index in [0.29, 0.717) is 25.4 Å². The Balaban J connectivity index is 1.41. The number of carbonyl (C=O) groups is 1. The summed E-state index contributed by atoms with van der Waals surface area (Å²) in [7, 11) is 1.86. The summed E-state index contributed by atoms with van der Waals surface area (Å²) in [4.78, 5) is 18.8. The fourth-order valence-electron chi connectivity index (χ4n) is 3.49. The summed E-state index contributed by atoms with van der Waals surface area (Å²) in [6, 6.07) is 7.10. The molecule has 4 rings (SSSR count). The number of aromatic hydroxyl groups is 1. The molecular formula is C23H25N5O3. The van der Waals surface area contributed by atoms with E-state index in [2.05, 4.69) is 20.3 Å². The number of amides is 1. The molecule has 0 spiro atoms. The molecule has 2 aromatic heterocycles. The third-order valence-electron chi connectivity index (χ3n) is 5.13. The largest absolute Gasteiger partial charge is 0.508 e. The summed E-state index contributed by atoms with van der Waals surface area (Å²) >= 11 is 0. The van der Waals surface area contributed by atoms with E-state index in [1.54, 1.807) is 41.5 Å². The van der Waals surface area contributed by atoms with Crippen molar-refractivity contribution in [1.29, 1.82) is 0 Å². The van der Waals surface area contributed by atoms with Gasteiger partial charge in [0.25, 0.3) is 0 Å². The number of carbonyl (C=O) groups excluding carboxylic acids is 1. The van der Waals surface area contributed by atoms with Crippen LogP contribution in [-0.2, 0) is 23.1 Å². The molecule has 0 unspecified atom stereocenters. The second kappa shape index (κ2) is 9.55. The summed E-state index contributed by atoms with van der Waals surface area (Å²) in [5.41, 5.74) is 4.07. The van der Waals surface area contributed by atoms with Crippen molar-refractivity contribution >= 4 is 17.7 Å². The number of morpholine rings is 1. The van der Waals surface area contributed by atoms with Crippen LogP contribution in [0.4, 0.5) is 5.69 Å². The highest BCUT2D eigenvalue weighted by atomic mass is 16.5. The highest BCUT2D eigenvalue weighted by Gasteiger charge is 2.13. The van der Waals surface area contributed by atoms with Crippen LogP contribution in [0.25, 0.3) is 17.2 Å². The van der Waals surface area contributed by atoms with Crippen LogP contribution in [0.3, 0.4) is 0 Å². The van der Waals surface area contributed by atoms with Gasteiger partial charge >= 0.3 is 0 Å². The van der Waals surface area contributed by atoms with Crippen molar-refractivity contribution < 1.29 is 14.6 Å².